The lowest BCUT2D eigenvalue weighted by molar-refractivity contribution is 0.0568. The Labute approximate surface area is 155 Å². The number of unbranched alkanes of at least 4 members (excludes halogenated alkanes) is 1. The molecule has 1 aromatic heterocycles. The van der Waals surface area contributed by atoms with Crippen LogP contribution < -0.4 is 4.90 Å². The maximum atomic E-state index is 13.0. The molecule has 0 unspecified atom stereocenters. The van der Waals surface area contributed by atoms with Crippen LogP contribution in [0.3, 0.4) is 0 Å². The largest absolute Gasteiger partial charge is 0.449 e. The summed E-state index contributed by atoms with van der Waals surface area (Å²) in [4.78, 5) is 28.2. The fourth-order valence-corrected chi connectivity index (χ4v) is 2.68. The van der Waals surface area contributed by atoms with Gasteiger partial charge in [-0.3, -0.25) is 9.69 Å². The van der Waals surface area contributed by atoms with Gasteiger partial charge in [-0.25, -0.2) is 18.7 Å². The van der Waals surface area contributed by atoms with Gasteiger partial charge in [0.05, 0.1) is 12.3 Å². The number of hydrogen-bond donors (Lipinski definition) is 0. The number of alkyl halides is 1. The van der Waals surface area contributed by atoms with Crippen LogP contribution in [0.5, 0.6) is 0 Å². The molecular weight excluding hydrogens is 355 g/mol. The van der Waals surface area contributed by atoms with Crippen LogP contribution in [0.1, 0.15) is 35.9 Å². The van der Waals surface area contributed by atoms with Gasteiger partial charge >= 0.3 is 6.09 Å². The number of para-hydroxylation sites is 1. The van der Waals surface area contributed by atoms with E-state index >= 15 is 0 Å². The molecule has 2 aromatic rings. The van der Waals surface area contributed by atoms with Crippen LogP contribution in [0.15, 0.2) is 35.0 Å². The summed E-state index contributed by atoms with van der Waals surface area (Å²) < 4.78 is 22.9. The summed E-state index contributed by atoms with van der Waals surface area (Å²) in [5.41, 5.74) is 0.522. The Morgan fingerprint density at radius 3 is 2.70 bits per heavy atom. The standard InChI is InChI=1S/C18H21FN4O4/c1-2-3-9-26-18(25)23(14-7-5-4-6-8-14)17(24)16-15(20-27-21-16)12-22-10-13(19)11-22/h4-8,13H,2-3,9-12H2,1H3. The smallest absolute Gasteiger partial charge is 0.421 e. The number of imide groups is 1. The SMILES string of the molecule is CCCCOC(=O)N(C(=O)c1nonc1CN1CC(F)C1)c1ccccc1. The van der Waals surface area contributed by atoms with Gasteiger partial charge in [0.25, 0.3) is 5.91 Å². The van der Waals surface area contributed by atoms with Gasteiger partial charge in [-0.15, -0.1) is 0 Å². The molecule has 0 radical (unpaired) electrons. The molecule has 3 rings (SSSR count). The molecule has 1 aliphatic rings. The second-order valence-electron chi connectivity index (χ2n) is 6.29. The fraction of sp³-hybridized carbons (Fsp3) is 0.444. The van der Waals surface area contributed by atoms with Gasteiger partial charge in [0.2, 0.25) is 0 Å². The van der Waals surface area contributed by atoms with E-state index in [1.807, 2.05) is 6.92 Å². The number of benzene rings is 1. The highest BCUT2D eigenvalue weighted by Gasteiger charge is 2.33. The number of likely N-dealkylation sites (tertiary alicyclic amines) is 1. The van der Waals surface area contributed by atoms with Crippen molar-refractivity contribution in [1.29, 1.82) is 0 Å². The molecule has 0 atom stereocenters. The zero-order chi connectivity index (χ0) is 19.2. The summed E-state index contributed by atoms with van der Waals surface area (Å²) in [5.74, 6) is -0.698. The monoisotopic (exact) mass is 376 g/mol. The Morgan fingerprint density at radius 2 is 2.04 bits per heavy atom. The maximum Gasteiger partial charge on any atom is 0.421 e. The Hall–Kier alpha value is -2.81. The lowest BCUT2D eigenvalue weighted by Crippen LogP contribution is -2.48. The number of nitrogens with zero attached hydrogens (tertiary/aromatic N) is 4. The lowest BCUT2D eigenvalue weighted by atomic mass is 10.1. The van der Waals surface area contributed by atoms with E-state index in [4.69, 9.17) is 9.37 Å². The summed E-state index contributed by atoms with van der Waals surface area (Å²) in [6, 6.07) is 8.43. The molecule has 1 fully saturated rings. The molecule has 0 aliphatic carbocycles. The number of anilines is 1. The molecule has 0 bridgehead atoms. The number of ether oxygens (including phenoxy) is 1. The average Bonchev–Trinajstić information content (AvgIpc) is 3.10. The van der Waals surface area contributed by atoms with Crippen molar-refractivity contribution < 1.29 is 23.3 Å². The second-order valence-corrected chi connectivity index (χ2v) is 6.29. The number of carbonyl (C=O) groups is 2. The third kappa shape index (κ3) is 4.48. The predicted molar refractivity (Wildman–Crippen MR) is 94.0 cm³/mol. The van der Waals surface area contributed by atoms with Gasteiger partial charge in [-0.2, -0.15) is 0 Å². The van der Waals surface area contributed by atoms with Gasteiger partial charge in [0, 0.05) is 19.6 Å². The van der Waals surface area contributed by atoms with E-state index in [0.717, 1.165) is 11.3 Å². The van der Waals surface area contributed by atoms with E-state index in [2.05, 4.69) is 10.3 Å². The molecular formula is C18H21FN4O4. The van der Waals surface area contributed by atoms with Crippen LogP contribution in [0.2, 0.25) is 0 Å². The minimum Gasteiger partial charge on any atom is -0.449 e. The number of hydrogen-bond acceptors (Lipinski definition) is 7. The molecule has 27 heavy (non-hydrogen) atoms. The first-order chi connectivity index (χ1) is 13.1. The van der Waals surface area contributed by atoms with Gasteiger partial charge in [0.1, 0.15) is 11.9 Å². The summed E-state index contributed by atoms with van der Waals surface area (Å²) >= 11 is 0. The van der Waals surface area contributed by atoms with Crippen molar-refractivity contribution >= 4 is 17.7 Å². The van der Waals surface area contributed by atoms with Crippen molar-refractivity contribution in [1.82, 2.24) is 15.2 Å². The zero-order valence-corrected chi connectivity index (χ0v) is 15.0. The third-order valence-electron chi connectivity index (χ3n) is 4.17. The van der Waals surface area contributed by atoms with Crippen LogP contribution in [-0.2, 0) is 11.3 Å². The van der Waals surface area contributed by atoms with Gasteiger partial charge in [-0.05, 0) is 23.7 Å². The van der Waals surface area contributed by atoms with Crippen LogP contribution in [0.4, 0.5) is 14.9 Å². The van der Waals surface area contributed by atoms with Crippen LogP contribution in [0.25, 0.3) is 0 Å². The van der Waals surface area contributed by atoms with Gasteiger partial charge in [-0.1, -0.05) is 36.7 Å². The Bertz CT molecular complexity index is 777. The van der Waals surface area contributed by atoms with E-state index < -0.39 is 18.2 Å². The molecule has 8 nitrogen and oxygen atoms in total. The molecule has 0 N–H and O–H groups in total. The molecule has 2 amide bonds. The van der Waals surface area contributed by atoms with Crippen LogP contribution >= 0.6 is 0 Å². The highest BCUT2D eigenvalue weighted by molar-refractivity contribution is 6.18. The summed E-state index contributed by atoms with van der Waals surface area (Å²) in [6.07, 6.45) is -0.117. The quantitative estimate of drug-likeness (QED) is 0.687. The van der Waals surface area contributed by atoms with Gasteiger partial charge < -0.3 is 4.74 Å². The highest BCUT2D eigenvalue weighted by Crippen LogP contribution is 2.21. The van der Waals surface area contributed by atoms with Crippen molar-refractivity contribution in [3.8, 4) is 0 Å². The van der Waals surface area contributed by atoms with E-state index in [9.17, 15) is 14.0 Å². The molecule has 9 heteroatoms. The van der Waals surface area contributed by atoms with E-state index in [1.54, 1.807) is 35.2 Å². The zero-order valence-electron chi connectivity index (χ0n) is 15.0. The number of halogens is 1. The van der Waals surface area contributed by atoms with E-state index in [1.165, 1.54) is 0 Å². The van der Waals surface area contributed by atoms with Crippen molar-refractivity contribution in [3.63, 3.8) is 0 Å². The molecule has 0 spiro atoms. The minimum absolute atomic E-state index is 0.0893. The second kappa shape index (κ2) is 8.72. The maximum absolute atomic E-state index is 13.0. The number of carbonyl (C=O) groups excluding carboxylic acids is 2. The van der Waals surface area contributed by atoms with Gasteiger partial charge in [0.15, 0.2) is 5.69 Å². The molecule has 144 valence electrons. The van der Waals surface area contributed by atoms with Crippen molar-refractivity contribution in [2.45, 2.75) is 32.5 Å². The first kappa shape index (κ1) is 19.0. The first-order valence-electron chi connectivity index (χ1n) is 8.84. The number of aromatic nitrogens is 2. The summed E-state index contributed by atoms with van der Waals surface area (Å²) in [5, 5.41) is 7.41. The Balaban J connectivity index is 1.81. The molecule has 0 saturated carbocycles. The Kier molecular flexibility index (Phi) is 6.12. The van der Waals surface area contributed by atoms with E-state index in [0.29, 0.717) is 12.1 Å². The topological polar surface area (TPSA) is 88.8 Å². The average molecular weight is 376 g/mol. The molecule has 1 aliphatic heterocycles. The third-order valence-corrected chi connectivity index (χ3v) is 4.17. The minimum atomic E-state index is -0.877. The number of amides is 2. The fourth-order valence-electron chi connectivity index (χ4n) is 2.68. The van der Waals surface area contributed by atoms with Crippen LogP contribution in [0, 0.1) is 0 Å². The predicted octanol–water partition coefficient (Wildman–Crippen LogP) is 2.81. The van der Waals surface area contributed by atoms with E-state index in [-0.39, 0.29) is 37.6 Å². The first-order valence-corrected chi connectivity index (χ1v) is 8.84. The van der Waals surface area contributed by atoms with Crippen molar-refractivity contribution in [2.24, 2.45) is 0 Å². The lowest BCUT2D eigenvalue weighted by Gasteiger charge is -2.33. The Morgan fingerprint density at radius 1 is 1.30 bits per heavy atom. The van der Waals surface area contributed by atoms with Crippen molar-refractivity contribution in [2.75, 3.05) is 24.6 Å². The van der Waals surface area contributed by atoms with Crippen LogP contribution in [-0.4, -0.2) is 53.1 Å². The summed E-state index contributed by atoms with van der Waals surface area (Å²) in [6.45, 7) is 2.93. The number of rotatable bonds is 7. The van der Waals surface area contributed by atoms with Crippen molar-refractivity contribution in [3.05, 3.63) is 41.7 Å². The molecule has 1 saturated heterocycles. The summed E-state index contributed by atoms with van der Waals surface area (Å²) in [7, 11) is 0. The highest BCUT2D eigenvalue weighted by atomic mass is 19.1. The normalized spacial score (nSPS) is 14.6. The molecule has 2 heterocycles. The molecule has 1 aromatic carbocycles.